The standard InChI is InChI=1S/C29H45N5O2/c1-5-10-30-11-12-31-13-14-32-15-16-34-20-24-18-26(7-9-28(24)36-22-34)29(2,3)25-6-8-27-23(17-25)19-33(4)21-35-27/h6-9,17-18,30-32H,5,10-16,19-22H2,1-4H3. The predicted molar refractivity (Wildman–Crippen MR) is 147 cm³/mol. The van der Waals surface area contributed by atoms with Gasteiger partial charge in [-0.1, -0.05) is 32.9 Å². The lowest BCUT2D eigenvalue weighted by Gasteiger charge is -2.33. The lowest BCUT2D eigenvalue weighted by Crippen LogP contribution is -2.39. The fourth-order valence-electron chi connectivity index (χ4n) is 4.88. The Morgan fingerprint density at radius 3 is 1.94 bits per heavy atom. The third kappa shape index (κ3) is 6.99. The van der Waals surface area contributed by atoms with Gasteiger partial charge in [-0.25, -0.2) is 0 Å². The molecule has 2 aromatic carbocycles. The number of rotatable bonds is 13. The largest absolute Gasteiger partial charge is 0.478 e. The summed E-state index contributed by atoms with van der Waals surface area (Å²) < 4.78 is 12.0. The molecule has 0 atom stereocenters. The molecule has 0 aliphatic carbocycles. The number of ether oxygens (including phenoxy) is 2. The number of fused-ring (bicyclic) bond motifs is 2. The molecule has 0 fully saturated rings. The van der Waals surface area contributed by atoms with Crippen LogP contribution >= 0.6 is 0 Å². The highest BCUT2D eigenvalue weighted by Gasteiger charge is 2.27. The van der Waals surface area contributed by atoms with E-state index in [1.54, 1.807) is 0 Å². The van der Waals surface area contributed by atoms with Crippen LogP contribution in [0.2, 0.25) is 0 Å². The van der Waals surface area contributed by atoms with Gasteiger partial charge in [0.15, 0.2) is 0 Å². The molecule has 36 heavy (non-hydrogen) atoms. The first-order valence-corrected chi connectivity index (χ1v) is 13.5. The smallest absolute Gasteiger partial charge is 0.142 e. The molecule has 0 spiro atoms. The summed E-state index contributed by atoms with van der Waals surface area (Å²) >= 11 is 0. The fourth-order valence-corrected chi connectivity index (χ4v) is 4.88. The van der Waals surface area contributed by atoms with Crippen molar-refractivity contribution in [3.8, 4) is 11.5 Å². The molecule has 3 N–H and O–H groups in total. The van der Waals surface area contributed by atoms with Crippen molar-refractivity contribution < 1.29 is 9.47 Å². The molecular weight excluding hydrogens is 450 g/mol. The van der Waals surface area contributed by atoms with E-state index in [1.165, 1.54) is 28.7 Å². The van der Waals surface area contributed by atoms with E-state index in [-0.39, 0.29) is 5.41 Å². The van der Waals surface area contributed by atoms with Gasteiger partial charge < -0.3 is 25.4 Å². The summed E-state index contributed by atoms with van der Waals surface area (Å²) in [5.74, 6) is 2.02. The van der Waals surface area contributed by atoms with Gasteiger partial charge in [-0.2, -0.15) is 0 Å². The van der Waals surface area contributed by atoms with Crippen molar-refractivity contribution in [1.29, 1.82) is 0 Å². The van der Waals surface area contributed by atoms with Crippen LogP contribution in [0.4, 0.5) is 0 Å². The molecule has 0 saturated carbocycles. The Hall–Kier alpha value is -2.16. The summed E-state index contributed by atoms with van der Waals surface area (Å²) in [7, 11) is 2.09. The van der Waals surface area contributed by atoms with Gasteiger partial charge in [0.05, 0.1) is 0 Å². The van der Waals surface area contributed by atoms with E-state index >= 15 is 0 Å². The zero-order valence-electron chi connectivity index (χ0n) is 22.7. The van der Waals surface area contributed by atoms with Crippen LogP contribution in [0.15, 0.2) is 36.4 Å². The van der Waals surface area contributed by atoms with Gasteiger partial charge in [-0.05, 0) is 55.4 Å². The monoisotopic (exact) mass is 495 g/mol. The van der Waals surface area contributed by atoms with Crippen molar-refractivity contribution in [1.82, 2.24) is 25.8 Å². The molecule has 2 heterocycles. The highest BCUT2D eigenvalue weighted by Crippen LogP contribution is 2.38. The van der Waals surface area contributed by atoms with Crippen LogP contribution in [0.1, 0.15) is 49.4 Å². The molecule has 0 unspecified atom stereocenters. The molecule has 2 aliphatic rings. The fraction of sp³-hybridized carbons (Fsp3) is 0.586. The van der Waals surface area contributed by atoms with Crippen molar-refractivity contribution in [2.24, 2.45) is 0 Å². The Morgan fingerprint density at radius 1 is 0.750 bits per heavy atom. The number of hydrogen-bond donors (Lipinski definition) is 3. The van der Waals surface area contributed by atoms with Crippen LogP contribution in [-0.2, 0) is 18.5 Å². The average molecular weight is 496 g/mol. The van der Waals surface area contributed by atoms with Crippen LogP contribution in [0.25, 0.3) is 0 Å². The van der Waals surface area contributed by atoms with Crippen LogP contribution < -0.4 is 25.4 Å². The van der Waals surface area contributed by atoms with E-state index in [2.05, 4.69) is 90.0 Å². The lowest BCUT2D eigenvalue weighted by molar-refractivity contribution is 0.0961. The van der Waals surface area contributed by atoms with Gasteiger partial charge >= 0.3 is 0 Å². The molecule has 7 heteroatoms. The third-order valence-electron chi connectivity index (χ3n) is 7.23. The first kappa shape index (κ1) is 26.9. The summed E-state index contributed by atoms with van der Waals surface area (Å²) in [6.07, 6.45) is 1.19. The minimum atomic E-state index is -0.108. The van der Waals surface area contributed by atoms with E-state index in [1.807, 2.05) is 0 Å². The Labute approximate surface area is 217 Å². The summed E-state index contributed by atoms with van der Waals surface area (Å²) in [6.45, 7) is 17.0. The van der Waals surface area contributed by atoms with Crippen LogP contribution in [0, 0.1) is 0 Å². The normalized spacial score (nSPS) is 16.2. The topological polar surface area (TPSA) is 61.0 Å². The van der Waals surface area contributed by atoms with Crippen molar-refractivity contribution >= 4 is 0 Å². The van der Waals surface area contributed by atoms with Gasteiger partial charge in [0.2, 0.25) is 0 Å². The molecule has 2 aliphatic heterocycles. The van der Waals surface area contributed by atoms with Crippen molar-refractivity contribution in [3.05, 3.63) is 58.7 Å². The van der Waals surface area contributed by atoms with Crippen molar-refractivity contribution in [2.75, 3.05) is 66.3 Å². The summed E-state index contributed by atoms with van der Waals surface area (Å²) in [5.41, 5.74) is 5.05. The molecule has 0 radical (unpaired) electrons. The molecule has 2 aromatic rings. The molecule has 4 rings (SSSR count). The number of benzene rings is 2. The first-order chi connectivity index (χ1) is 17.5. The maximum Gasteiger partial charge on any atom is 0.142 e. The third-order valence-corrected chi connectivity index (χ3v) is 7.23. The second-order valence-corrected chi connectivity index (χ2v) is 10.6. The molecule has 0 bridgehead atoms. The van der Waals surface area contributed by atoms with Crippen molar-refractivity contribution in [2.45, 2.75) is 45.7 Å². The highest BCUT2D eigenvalue weighted by atomic mass is 16.5. The zero-order chi connectivity index (χ0) is 25.4. The van der Waals surface area contributed by atoms with E-state index in [9.17, 15) is 0 Å². The van der Waals surface area contributed by atoms with Crippen LogP contribution in [-0.4, -0.2) is 76.1 Å². The Kier molecular flexibility index (Phi) is 9.62. The predicted octanol–water partition coefficient (Wildman–Crippen LogP) is 3.12. The molecule has 0 aromatic heterocycles. The van der Waals surface area contributed by atoms with E-state index < -0.39 is 0 Å². The maximum atomic E-state index is 6.09. The summed E-state index contributed by atoms with van der Waals surface area (Å²) in [5, 5.41) is 10.4. The lowest BCUT2D eigenvalue weighted by atomic mass is 9.77. The first-order valence-electron chi connectivity index (χ1n) is 13.5. The molecule has 7 nitrogen and oxygen atoms in total. The van der Waals surface area contributed by atoms with Gasteiger partial charge in [0.1, 0.15) is 25.0 Å². The van der Waals surface area contributed by atoms with Crippen LogP contribution in [0.3, 0.4) is 0 Å². The number of nitrogens with zero attached hydrogens (tertiary/aromatic N) is 2. The Bertz CT molecular complexity index is 980. The number of hydrogen-bond acceptors (Lipinski definition) is 7. The second-order valence-electron chi connectivity index (χ2n) is 10.6. The highest BCUT2D eigenvalue weighted by molar-refractivity contribution is 5.48. The Balaban J connectivity index is 1.28. The van der Waals surface area contributed by atoms with Gasteiger partial charge in [-0.15, -0.1) is 0 Å². The maximum absolute atomic E-state index is 6.09. The van der Waals surface area contributed by atoms with Gasteiger partial charge in [0.25, 0.3) is 0 Å². The zero-order valence-corrected chi connectivity index (χ0v) is 22.7. The molecule has 0 amide bonds. The van der Waals surface area contributed by atoms with Gasteiger partial charge in [0, 0.05) is 68.9 Å². The minimum absolute atomic E-state index is 0.108. The van der Waals surface area contributed by atoms with E-state index in [0.29, 0.717) is 13.5 Å². The molecule has 0 saturated heterocycles. The van der Waals surface area contributed by atoms with Crippen molar-refractivity contribution in [3.63, 3.8) is 0 Å². The number of nitrogens with one attached hydrogen (secondary N) is 3. The van der Waals surface area contributed by atoms with Gasteiger partial charge in [-0.3, -0.25) is 9.80 Å². The summed E-state index contributed by atoms with van der Waals surface area (Å²) in [6, 6.07) is 13.4. The second kappa shape index (κ2) is 12.9. The van der Waals surface area contributed by atoms with Crippen LogP contribution in [0.5, 0.6) is 11.5 Å². The minimum Gasteiger partial charge on any atom is -0.478 e. The van der Waals surface area contributed by atoms with E-state index in [0.717, 1.165) is 70.4 Å². The van der Waals surface area contributed by atoms with E-state index in [4.69, 9.17) is 9.47 Å². The molecular formula is C29H45N5O2. The Morgan fingerprint density at radius 2 is 1.31 bits per heavy atom. The average Bonchev–Trinajstić information content (AvgIpc) is 2.88. The quantitative estimate of drug-likeness (QED) is 0.369. The SMILES string of the molecule is CCCNCCNCCNCCN1COc2ccc(C(C)(C)c3ccc4c(c3)CN(C)CO4)cc2C1. The summed E-state index contributed by atoms with van der Waals surface area (Å²) in [4.78, 5) is 4.57. The molecule has 198 valence electrons.